The number of nitrogens with zero attached hydrogens (tertiary/aromatic N) is 1. The summed E-state index contributed by atoms with van der Waals surface area (Å²) in [5, 5.41) is 5.72. The average Bonchev–Trinajstić information content (AvgIpc) is 3.10. The van der Waals surface area contributed by atoms with Gasteiger partial charge in [-0.05, 0) is 52.9 Å². The third-order valence-electron chi connectivity index (χ3n) is 4.76. The summed E-state index contributed by atoms with van der Waals surface area (Å²) < 4.78 is 10.6. The molecular weight excluding hydrogens is 326 g/mol. The fourth-order valence-corrected chi connectivity index (χ4v) is 3.57. The van der Waals surface area contributed by atoms with Gasteiger partial charge in [0.15, 0.2) is 17.5 Å². The highest BCUT2D eigenvalue weighted by Crippen LogP contribution is 2.37. The molecule has 1 aliphatic rings. The Bertz CT molecular complexity index is 1010. The first-order chi connectivity index (χ1) is 12.7. The molecule has 1 aliphatic carbocycles. The quantitative estimate of drug-likeness (QED) is 0.553. The van der Waals surface area contributed by atoms with Crippen molar-refractivity contribution < 1.29 is 9.47 Å². The van der Waals surface area contributed by atoms with Gasteiger partial charge in [-0.15, -0.1) is 0 Å². The number of aryl methyl sites for hydroxylation is 2. The molecule has 0 amide bonds. The van der Waals surface area contributed by atoms with Crippen LogP contribution < -0.4 is 20.5 Å². The van der Waals surface area contributed by atoms with Crippen LogP contribution in [0.3, 0.4) is 0 Å². The lowest BCUT2D eigenvalue weighted by Crippen LogP contribution is -2.22. The third kappa shape index (κ3) is 2.81. The van der Waals surface area contributed by atoms with Crippen LogP contribution in [0.5, 0.6) is 11.5 Å². The van der Waals surface area contributed by atoms with Crippen LogP contribution in [0.1, 0.15) is 11.1 Å². The van der Waals surface area contributed by atoms with Crippen molar-refractivity contribution in [2.24, 2.45) is 10.7 Å². The number of anilines is 1. The van der Waals surface area contributed by atoms with E-state index in [1.54, 1.807) is 14.2 Å². The van der Waals surface area contributed by atoms with E-state index in [9.17, 15) is 0 Å². The molecule has 4 rings (SSSR count). The van der Waals surface area contributed by atoms with E-state index >= 15 is 0 Å². The van der Waals surface area contributed by atoms with Gasteiger partial charge in [0.1, 0.15) is 0 Å². The molecule has 0 heterocycles. The molecule has 0 aliphatic heterocycles. The van der Waals surface area contributed by atoms with Crippen molar-refractivity contribution in [3.63, 3.8) is 0 Å². The summed E-state index contributed by atoms with van der Waals surface area (Å²) in [6.07, 6.45) is 2.06. The molecule has 0 saturated carbocycles. The second-order valence-electron chi connectivity index (χ2n) is 6.27. The van der Waals surface area contributed by atoms with Crippen molar-refractivity contribution >= 4 is 28.1 Å². The second-order valence-corrected chi connectivity index (χ2v) is 6.27. The summed E-state index contributed by atoms with van der Waals surface area (Å²) in [6.45, 7) is 0. The highest BCUT2D eigenvalue weighted by atomic mass is 16.5. The van der Waals surface area contributed by atoms with E-state index in [0.29, 0.717) is 17.5 Å². The van der Waals surface area contributed by atoms with Crippen LogP contribution >= 0.6 is 0 Å². The van der Waals surface area contributed by atoms with Crippen LogP contribution in [-0.2, 0) is 12.8 Å². The van der Waals surface area contributed by atoms with Gasteiger partial charge in [0.25, 0.3) is 0 Å². The lowest BCUT2D eigenvalue weighted by Gasteiger charge is -2.11. The van der Waals surface area contributed by atoms with Gasteiger partial charge in [-0.25, -0.2) is 4.99 Å². The Morgan fingerprint density at radius 2 is 1.85 bits per heavy atom. The summed E-state index contributed by atoms with van der Waals surface area (Å²) in [5.74, 6) is 1.65. The minimum Gasteiger partial charge on any atom is -0.493 e. The van der Waals surface area contributed by atoms with E-state index in [1.165, 1.54) is 21.9 Å². The molecule has 0 spiro atoms. The molecule has 0 unspecified atom stereocenters. The van der Waals surface area contributed by atoms with Gasteiger partial charge in [-0.2, -0.15) is 0 Å². The van der Waals surface area contributed by atoms with Gasteiger partial charge >= 0.3 is 0 Å². The summed E-state index contributed by atoms with van der Waals surface area (Å²) in [4.78, 5) is 4.62. The first-order valence-corrected chi connectivity index (χ1v) is 8.56. The van der Waals surface area contributed by atoms with E-state index in [0.717, 1.165) is 24.2 Å². The third-order valence-corrected chi connectivity index (χ3v) is 4.76. The number of guanidine groups is 1. The average molecular weight is 347 g/mol. The van der Waals surface area contributed by atoms with Crippen LogP contribution in [0.15, 0.2) is 53.5 Å². The van der Waals surface area contributed by atoms with Gasteiger partial charge in [0, 0.05) is 11.8 Å². The van der Waals surface area contributed by atoms with Crippen molar-refractivity contribution in [2.75, 3.05) is 19.5 Å². The largest absolute Gasteiger partial charge is 0.493 e. The number of hydrogen-bond acceptors (Lipinski definition) is 3. The molecule has 0 bridgehead atoms. The maximum absolute atomic E-state index is 6.15. The molecular formula is C21H21N3O2. The van der Waals surface area contributed by atoms with E-state index in [2.05, 4.69) is 34.6 Å². The van der Waals surface area contributed by atoms with E-state index in [1.807, 2.05) is 24.3 Å². The first kappa shape index (κ1) is 16.3. The number of nitrogens with one attached hydrogen (secondary N) is 1. The van der Waals surface area contributed by atoms with Gasteiger partial charge in [0.2, 0.25) is 0 Å². The van der Waals surface area contributed by atoms with Gasteiger partial charge in [-0.3, -0.25) is 0 Å². The number of hydrogen-bond donors (Lipinski definition) is 2. The maximum Gasteiger partial charge on any atom is 0.198 e. The summed E-state index contributed by atoms with van der Waals surface area (Å²) >= 11 is 0. The van der Waals surface area contributed by atoms with Crippen molar-refractivity contribution in [3.8, 4) is 11.5 Å². The predicted molar refractivity (Wildman–Crippen MR) is 106 cm³/mol. The zero-order valence-corrected chi connectivity index (χ0v) is 14.9. The van der Waals surface area contributed by atoms with E-state index in [4.69, 9.17) is 15.2 Å². The number of aliphatic imine (C=N–C) groups is 1. The molecule has 0 saturated heterocycles. The molecule has 0 atom stereocenters. The van der Waals surface area contributed by atoms with E-state index < -0.39 is 0 Å². The summed E-state index contributed by atoms with van der Waals surface area (Å²) in [7, 11) is 3.21. The topological polar surface area (TPSA) is 68.9 Å². The standard InChI is InChI=1S/C21H21N3O2/c1-25-18-11-8-15(12-19(18)26-2)23-21(22)24-17-10-7-14-5-3-4-13-6-9-16(17)20(13)14/h3-5,7-8,10-12H,6,9H2,1-2H3,(H3,22,23,24). The minimum atomic E-state index is 0.345. The van der Waals surface area contributed by atoms with E-state index in [-0.39, 0.29) is 0 Å². The lowest BCUT2D eigenvalue weighted by atomic mass is 10.0. The molecule has 132 valence electrons. The van der Waals surface area contributed by atoms with Gasteiger partial charge in [-0.1, -0.05) is 24.3 Å². The lowest BCUT2D eigenvalue weighted by molar-refractivity contribution is 0.355. The van der Waals surface area contributed by atoms with Crippen LogP contribution in [0.4, 0.5) is 11.4 Å². The number of methoxy groups -OCH3 is 2. The molecule has 5 heteroatoms. The zero-order valence-electron chi connectivity index (χ0n) is 14.9. The van der Waals surface area contributed by atoms with Gasteiger partial charge < -0.3 is 20.5 Å². The Balaban J connectivity index is 1.65. The van der Waals surface area contributed by atoms with Crippen molar-refractivity contribution in [3.05, 3.63) is 59.7 Å². The smallest absolute Gasteiger partial charge is 0.198 e. The van der Waals surface area contributed by atoms with Crippen molar-refractivity contribution in [1.29, 1.82) is 0 Å². The zero-order chi connectivity index (χ0) is 18.1. The van der Waals surface area contributed by atoms with Crippen LogP contribution in [-0.4, -0.2) is 20.2 Å². The molecule has 3 aromatic carbocycles. The summed E-state index contributed by atoms with van der Waals surface area (Å²) in [5.41, 5.74) is 10.5. The molecule has 0 aromatic heterocycles. The van der Waals surface area contributed by atoms with Gasteiger partial charge in [0.05, 0.1) is 19.9 Å². The number of benzene rings is 3. The molecule has 3 aromatic rings. The minimum absolute atomic E-state index is 0.345. The highest BCUT2D eigenvalue weighted by molar-refractivity contribution is 5.98. The molecule has 3 N–H and O–H groups in total. The Labute approximate surface area is 152 Å². The van der Waals surface area contributed by atoms with Crippen LogP contribution in [0.2, 0.25) is 0 Å². The number of ether oxygens (including phenoxy) is 2. The SMILES string of the molecule is COc1ccc(NC(N)=Nc2ccc3cccc4c3c2CC4)cc1OC. The Kier molecular flexibility index (Phi) is 4.13. The fourth-order valence-electron chi connectivity index (χ4n) is 3.57. The number of nitrogens with two attached hydrogens (primary N) is 1. The Morgan fingerprint density at radius 3 is 2.65 bits per heavy atom. The molecule has 0 fully saturated rings. The first-order valence-electron chi connectivity index (χ1n) is 8.56. The summed E-state index contributed by atoms with van der Waals surface area (Å²) in [6, 6.07) is 16.1. The predicted octanol–water partition coefficient (Wildman–Crippen LogP) is 4.01. The maximum atomic E-state index is 6.15. The fraction of sp³-hybridized carbons (Fsp3) is 0.190. The highest BCUT2D eigenvalue weighted by Gasteiger charge is 2.17. The second kappa shape index (κ2) is 6.59. The van der Waals surface area contributed by atoms with Crippen molar-refractivity contribution in [2.45, 2.75) is 12.8 Å². The Hall–Kier alpha value is -3.21. The van der Waals surface area contributed by atoms with Crippen molar-refractivity contribution in [1.82, 2.24) is 0 Å². The Morgan fingerprint density at radius 1 is 1.00 bits per heavy atom. The molecule has 5 nitrogen and oxygen atoms in total. The normalized spacial score (nSPS) is 13.1. The van der Waals surface area contributed by atoms with Crippen LogP contribution in [0, 0.1) is 0 Å². The van der Waals surface area contributed by atoms with Crippen LogP contribution in [0.25, 0.3) is 10.8 Å². The molecule has 0 radical (unpaired) electrons. The molecule has 26 heavy (non-hydrogen) atoms. The number of rotatable bonds is 4. The monoisotopic (exact) mass is 347 g/mol.